The van der Waals surface area contributed by atoms with Gasteiger partial charge in [0.05, 0.1) is 23.9 Å². The predicted molar refractivity (Wildman–Crippen MR) is 73.2 cm³/mol. The average molecular weight is 286 g/mol. The molecule has 1 aliphatic rings. The van der Waals surface area contributed by atoms with Crippen LogP contribution in [0.3, 0.4) is 0 Å². The normalized spacial score (nSPS) is 19.3. The fourth-order valence-corrected chi connectivity index (χ4v) is 3.37. The van der Waals surface area contributed by atoms with Gasteiger partial charge in [-0.15, -0.1) is 0 Å². The number of nitrogens with zero attached hydrogens (tertiary/aromatic N) is 2. The first-order chi connectivity index (χ1) is 8.46. The van der Waals surface area contributed by atoms with E-state index in [1.807, 2.05) is 0 Å². The van der Waals surface area contributed by atoms with Crippen molar-refractivity contribution < 1.29 is 8.42 Å². The minimum absolute atomic E-state index is 0.124. The van der Waals surface area contributed by atoms with Crippen LogP contribution < -0.4 is 11.1 Å². The number of hydrogen-bond acceptors (Lipinski definition) is 6. The largest absolute Gasteiger partial charge is 0.388 e. The van der Waals surface area contributed by atoms with Crippen molar-refractivity contribution in [3.63, 3.8) is 0 Å². The molecule has 1 aromatic rings. The van der Waals surface area contributed by atoms with Gasteiger partial charge in [-0.1, -0.05) is 12.2 Å². The molecular formula is C10H14N4O2S2. The molecule has 0 saturated carbocycles. The molecule has 1 aromatic heterocycles. The molecule has 0 spiro atoms. The molecule has 98 valence electrons. The standard InChI is InChI=1S/C10H14N4O2S2/c11-10(17)8-5-13-9(6-12-8)14-7-1-3-18(15,16)4-2-7/h5-7H,1-4H2,(H2,11,17)(H,13,14). The van der Waals surface area contributed by atoms with E-state index >= 15 is 0 Å². The molecule has 2 rings (SSSR count). The van der Waals surface area contributed by atoms with Crippen molar-refractivity contribution in [2.24, 2.45) is 5.73 Å². The summed E-state index contributed by atoms with van der Waals surface area (Å²) in [6.45, 7) is 0. The predicted octanol–water partition coefficient (Wildman–Crippen LogP) is 0.0999. The van der Waals surface area contributed by atoms with Crippen LogP contribution in [0, 0.1) is 0 Å². The molecule has 0 aromatic carbocycles. The highest BCUT2D eigenvalue weighted by molar-refractivity contribution is 7.91. The fourth-order valence-electron chi connectivity index (χ4n) is 1.77. The minimum atomic E-state index is -2.84. The van der Waals surface area contributed by atoms with E-state index in [1.165, 1.54) is 6.20 Å². The second kappa shape index (κ2) is 5.15. The van der Waals surface area contributed by atoms with Gasteiger partial charge in [0, 0.05) is 6.04 Å². The Morgan fingerprint density at radius 2 is 2.00 bits per heavy atom. The minimum Gasteiger partial charge on any atom is -0.388 e. The summed E-state index contributed by atoms with van der Waals surface area (Å²) in [7, 11) is -2.84. The first-order valence-electron chi connectivity index (χ1n) is 5.55. The molecule has 1 aliphatic heterocycles. The lowest BCUT2D eigenvalue weighted by Gasteiger charge is -2.23. The number of nitrogens with two attached hydrogens (primary N) is 1. The zero-order valence-electron chi connectivity index (χ0n) is 9.67. The number of nitrogens with one attached hydrogen (secondary N) is 1. The molecule has 6 nitrogen and oxygen atoms in total. The second-order valence-corrected chi connectivity index (χ2v) is 6.97. The lowest BCUT2D eigenvalue weighted by Crippen LogP contribution is -2.32. The van der Waals surface area contributed by atoms with Gasteiger partial charge in [-0.25, -0.2) is 18.4 Å². The molecule has 0 bridgehead atoms. The van der Waals surface area contributed by atoms with Gasteiger partial charge >= 0.3 is 0 Å². The first kappa shape index (κ1) is 13.2. The fraction of sp³-hybridized carbons (Fsp3) is 0.500. The maximum atomic E-state index is 11.3. The van der Waals surface area contributed by atoms with Crippen LogP contribution in [-0.2, 0) is 9.84 Å². The smallest absolute Gasteiger partial charge is 0.150 e. The Hall–Kier alpha value is -1.28. The maximum Gasteiger partial charge on any atom is 0.150 e. The van der Waals surface area contributed by atoms with E-state index in [9.17, 15) is 8.42 Å². The number of thiocarbonyl (C=S) groups is 1. The number of aromatic nitrogens is 2. The molecule has 18 heavy (non-hydrogen) atoms. The molecule has 0 radical (unpaired) electrons. The van der Waals surface area contributed by atoms with Gasteiger partial charge in [-0.3, -0.25) is 0 Å². The van der Waals surface area contributed by atoms with E-state index in [0.717, 1.165) is 0 Å². The molecule has 0 unspecified atom stereocenters. The van der Waals surface area contributed by atoms with Gasteiger partial charge in [0.1, 0.15) is 26.3 Å². The molecule has 3 N–H and O–H groups in total. The van der Waals surface area contributed by atoms with E-state index in [0.29, 0.717) is 24.4 Å². The van der Waals surface area contributed by atoms with Crippen molar-refractivity contribution in [2.75, 3.05) is 16.8 Å². The van der Waals surface area contributed by atoms with E-state index in [4.69, 9.17) is 18.0 Å². The van der Waals surface area contributed by atoms with E-state index in [1.54, 1.807) is 6.20 Å². The Bertz CT molecular complexity index is 528. The van der Waals surface area contributed by atoms with Crippen LogP contribution in [0.2, 0.25) is 0 Å². The summed E-state index contributed by atoms with van der Waals surface area (Å²) >= 11 is 4.78. The quantitative estimate of drug-likeness (QED) is 0.760. The van der Waals surface area contributed by atoms with Crippen molar-refractivity contribution in [1.82, 2.24) is 9.97 Å². The monoisotopic (exact) mass is 286 g/mol. The topological polar surface area (TPSA) is 98.0 Å². The summed E-state index contributed by atoms with van der Waals surface area (Å²) in [4.78, 5) is 8.41. The van der Waals surface area contributed by atoms with Crippen LogP contribution in [0.25, 0.3) is 0 Å². The molecular weight excluding hydrogens is 272 g/mol. The van der Waals surface area contributed by atoms with E-state index in [-0.39, 0.29) is 22.5 Å². The summed E-state index contributed by atoms with van der Waals surface area (Å²) in [5, 5.41) is 3.16. The Kier molecular flexibility index (Phi) is 3.76. The van der Waals surface area contributed by atoms with Crippen LogP contribution in [0.5, 0.6) is 0 Å². The lowest BCUT2D eigenvalue weighted by molar-refractivity contribution is 0.559. The van der Waals surface area contributed by atoms with Crippen molar-refractivity contribution in [3.8, 4) is 0 Å². The van der Waals surface area contributed by atoms with Crippen LogP contribution in [-0.4, -0.2) is 40.9 Å². The Morgan fingerprint density at radius 3 is 2.50 bits per heavy atom. The molecule has 0 atom stereocenters. The summed E-state index contributed by atoms with van der Waals surface area (Å²) < 4.78 is 22.6. The van der Waals surface area contributed by atoms with Gasteiger partial charge in [-0.05, 0) is 12.8 Å². The molecule has 1 fully saturated rings. The van der Waals surface area contributed by atoms with Crippen molar-refractivity contribution in [3.05, 3.63) is 18.1 Å². The zero-order chi connectivity index (χ0) is 13.2. The molecule has 0 amide bonds. The van der Waals surface area contributed by atoms with Crippen LogP contribution >= 0.6 is 12.2 Å². The van der Waals surface area contributed by atoms with Crippen molar-refractivity contribution in [2.45, 2.75) is 18.9 Å². The van der Waals surface area contributed by atoms with Crippen LogP contribution in [0.1, 0.15) is 18.5 Å². The molecule has 2 heterocycles. The number of sulfone groups is 1. The summed E-state index contributed by atoms with van der Waals surface area (Å²) in [6.07, 6.45) is 4.25. The van der Waals surface area contributed by atoms with Gasteiger partial charge in [0.2, 0.25) is 0 Å². The van der Waals surface area contributed by atoms with Crippen molar-refractivity contribution >= 4 is 32.9 Å². The number of hydrogen-bond donors (Lipinski definition) is 2. The van der Waals surface area contributed by atoms with Gasteiger partial charge in [0.25, 0.3) is 0 Å². The van der Waals surface area contributed by atoms with Crippen molar-refractivity contribution in [1.29, 1.82) is 0 Å². The third-order valence-corrected chi connectivity index (χ3v) is 4.74. The summed E-state index contributed by atoms with van der Waals surface area (Å²) in [5.74, 6) is 1.06. The highest BCUT2D eigenvalue weighted by atomic mass is 32.2. The molecule has 1 saturated heterocycles. The van der Waals surface area contributed by atoms with Gasteiger partial charge < -0.3 is 11.1 Å². The lowest BCUT2D eigenvalue weighted by atomic mass is 10.1. The molecule has 8 heteroatoms. The Morgan fingerprint density at radius 1 is 1.33 bits per heavy atom. The third kappa shape index (κ3) is 3.36. The Labute approximate surface area is 111 Å². The van der Waals surface area contributed by atoms with E-state index < -0.39 is 9.84 Å². The SMILES string of the molecule is NC(=S)c1cnc(NC2CCS(=O)(=O)CC2)cn1. The van der Waals surface area contributed by atoms with Gasteiger partial charge in [-0.2, -0.15) is 0 Å². The first-order valence-corrected chi connectivity index (χ1v) is 7.78. The van der Waals surface area contributed by atoms with E-state index in [2.05, 4.69) is 15.3 Å². The highest BCUT2D eigenvalue weighted by Gasteiger charge is 2.23. The van der Waals surface area contributed by atoms with Crippen LogP contribution in [0.15, 0.2) is 12.4 Å². The number of anilines is 1. The average Bonchev–Trinajstić information content (AvgIpc) is 2.33. The van der Waals surface area contributed by atoms with Crippen LogP contribution in [0.4, 0.5) is 5.82 Å². The maximum absolute atomic E-state index is 11.3. The van der Waals surface area contributed by atoms with Gasteiger partial charge in [0.15, 0.2) is 0 Å². The second-order valence-electron chi connectivity index (χ2n) is 4.22. The zero-order valence-corrected chi connectivity index (χ0v) is 11.3. The molecule has 0 aliphatic carbocycles. The highest BCUT2D eigenvalue weighted by Crippen LogP contribution is 2.16. The Balaban J connectivity index is 1.96. The summed E-state index contributed by atoms with van der Waals surface area (Å²) in [5.41, 5.74) is 5.89. The summed E-state index contributed by atoms with van der Waals surface area (Å²) in [6, 6.07) is 0.124. The number of rotatable bonds is 3. The third-order valence-electron chi connectivity index (χ3n) is 2.81.